The minimum atomic E-state index is -3.60. The normalized spacial score (nSPS) is 13.2. The van der Waals surface area contributed by atoms with Gasteiger partial charge in [0.05, 0.1) is 12.1 Å². The van der Waals surface area contributed by atoms with Crippen LogP contribution in [0.15, 0.2) is 54.2 Å². The Morgan fingerprint density at radius 3 is 2.87 bits per heavy atom. The number of imidazole rings is 1. The van der Waals surface area contributed by atoms with Gasteiger partial charge in [0, 0.05) is 60.1 Å². The third kappa shape index (κ3) is 3.38. The first kappa shape index (κ1) is 19.4. The molecule has 0 atom stereocenters. The van der Waals surface area contributed by atoms with E-state index in [1.807, 2.05) is 6.07 Å². The number of aromatic nitrogens is 4. The Morgan fingerprint density at radius 1 is 1.23 bits per heavy atom. The molecule has 4 heterocycles. The van der Waals surface area contributed by atoms with Gasteiger partial charge < -0.3 is 10.1 Å². The third-order valence-electron chi connectivity index (χ3n) is 5.22. The number of ether oxygens (including phenoxy) is 1. The number of hydrogen-bond acceptors (Lipinski definition) is 7. The molecule has 31 heavy (non-hydrogen) atoms. The van der Waals surface area contributed by atoms with E-state index < -0.39 is 9.84 Å². The highest BCUT2D eigenvalue weighted by atomic mass is 32.2. The molecule has 10 heteroatoms. The zero-order valence-electron chi connectivity index (χ0n) is 16.5. The molecule has 1 N–H and O–H groups in total. The second-order valence-electron chi connectivity index (χ2n) is 7.23. The van der Waals surface area contributed by atoms with Gasteiger partial charge in [0.25, 0.3) is 0 Å². The lowest BCUT2D eigenvalue weighted by Crippen LogP contribution is -2.10. The molecule has 8 nitrogen and oxygen atoms in total. The van der Waals surface area contributed by atoms with Gasteiger partial charge in [-0.1, -0.05) is 6.07 Å². The van der Waals surface area contributed by atoms with E-state index in [9.17, 15) is 12.8 Å². The minimum Gasteiger partial charge on any atom is -0.493 e. The molecule has 4 aromatic rings. The zero-order valence-corrected chi connectivity index (χ0v) is 17.4. The lowest BCUT2D eigenvalue weighted by Gasteiger charge is -2.13. The molecule has 0 saturated carbocycles. The van der Waals surface area contributed by atoms with E-state index in [0.717, 1.165) is 11.8 Å². The molecule has 158 valence electrons. The second kappa shape index (κ2) is 7.31. The Hall–Kier alpha value is -3.53. The first-order valence-corrected chi connectivity index (χ1v) is 11.5. The topological polar surface area (TPSA) is 98.5 Å². The van der Waals surface area contributed by atoms with Gasteiger partial charge in [-0.2, -0.15) is 0 Å². The van der Waals surface area contributed by atoms with Gasteiger partial charge in [-0.3, -0.25) is 9.38 Å². The van der Waals surface area contributed by atoms with E-state index >= 15 is 0 Å². The van der Waals surface area contributed by atoms with Crippen molar-refractivity contribution in [2.75, 3.05) is 18.2 Å². The number of hydrogen-bond donors (Lipinski definition) is 1. The van der Waals surface area contributed by atoms with E-state index in [1.54, 1.807) is 35.1 Å². The summed E-state index contributed by atoms with van der Waals surface area (Å²) in [5.41, 5.74) is 3.01. The van der Waals surface area contributed by atoms with Gasteiger partial charge >= 0.3 is 0 Å². The maximum absolute atomic E-state index is 14.5. The summed E-state index contributed by atoms with van der Waals surface area (Å²) in [4.78, 5) is 12.7. The zero-order chi connectivity index (χ0) is 21.6. The number of anilines is 1. The standard InChI is InChI=1S/C21H18FN5O3S/c1-31(28,29)20-19-15(13-3-2-7-23-9-13)10-24-21(27(19)12-26-20)25-11-16-14-6-8-30-18(14)5-4-17(16)22/h2-5,7,9-10,12H,6,8,11H2,1H3,(H,24,25). The Labute approximate surface area is 177 Å². The molecule has 0 radical (unpaired) electrons. The summed E-state index contributed by atoms with van der Waals surface area (Å²) in [6.45, 7) is 0.687. The van der Waals surface area contributed by atoms with Gasteiger partial charge in [-0.05, 0) is 18.2 Å². The van der Waals surface area contributed by atoms with Crippen molar-refractivity contribution in [3.05, 3.63) is 66.1 Å². The molecule has 0 spiro atoms. The summed E-state index contributed by atoms with van der Waals surface area (Å²) in [7, 11) is -3.60. The smallest absolute Gasteiger partial charge is 0.209 e. The molecule has 5 rings (SSSR count). The van der Waals surface area contributed by atoms with Crippen LogP contribution in [-0.4, -0.2) is 40.6 Å². The molecule has 0 amide bonds. The summed E-state index contributed by atoms with van der Waals surface area (Å²) in [5, 5.41) is 3.07. The van der Waals surface area contributed by atoms with Crippen molar-refractivity contribution >= 4 is 21.3 Å². The number of benzene rings is 1. The van der Waals surface area contributed by atoms with Crippen LogP contribution in [0.3, 0.4) is 0 Å². The van der Waals surface area contributed by atoms with Crippen LogP contribution in [-0.2, 0) is 22.8 Å². The summed E-state index contributed by atoms with van der Waals surface area (Å²) >= 11 is 0. The SMILES string of the molecule is CS(=O)(=O)c1ncn2c(NCc3c(F)ccc4c3CCO4)ncc(-c3cccnc3)c12. The molecule has 1 aliphatic heterocycles. The Morgan fingerprint density at radius 2 is 2.10 bits per heavy atom. The predicted octanol–water partition coefficient (Wildman–Crippen LogP) is 2.88. The second-order valence-corrected chi connectivity index (χ2v) is 9.16. The average molecular weight is 439 g/mol. The highest BCUT2D eigenvalue weighted by molar-refractivity contribution is 7.90. The van der Waals surface area contributed by atoms with Crippen molar-refractivity contribution in [1.82, 2.24) is 19.4 Å². The van der Waals surface area contributed by atoms with Gasteiger partial charge in [0.1, 0.15) is 17.9 Å². The van der Waals surface area contributed by atoms with E-state index in [0.29, 0.717) is 46.9 Å². The quantitative estimate of drug-likeness (QED) is 0.511. The molecule has 0 unspecified atom stereocenters. The van der Waals surface area contributed by atoms with Gasteiger partial charge in [0.15, 0.2) is 14.9 Å². The number of rotatable bonds is 5. The monoisotopic (exact) mass is 439 g/mol. The molecule has 1 aromatic carbocycles. The van der Waals surface area contributed by atoms with Crippen LogP contribution in [0.2, 0.25) is 0 Å². The van der Waals surface area contributed by atoms with Crippen molar-refractivity contribution in [3.63, 3.8) is 0 Å². The average Bonchev–Trinajstić information content (AvgIpc) is 3.41. The van der Waals surface area contributed by atoms with Crippen molar-refractivity contribution in [2.24, 2.45) is 0 Å². The van der Waals surface area contributed by atoms with E-state index in [2.05, 4.69) is 20.3 Å². The molecule has 1 aliphatic rings. The van der Waals surface area contributed by atoms with Crippen LogP contribution in [0, 0.1) is 5.82 Å². The summed E-state index contributed by atoms with van der Waals surface area (Å²) in [6, 6.07) is 6.59. The maximum Gasteiger partial charge on any atom is 0.209 e. The van der Waals surface area contributed by atoms with Crippen LogP contribution < -0.4 is 10.1 Å². The molecule has 3 aromatic heterocycles. The fourth-order valence-corrected chi connectivity index (χ4v) is 4.59. The van der Waals surface area contributed by atoms with Crippen LogP contribution in [0.4, 0.5) is 10.3 Å². The van der Waals surface area contributed by atoms with Crippen molar-refractivity contribution in [2.45, 2.75) is 18.0 Å². The third-order valence-corrected chi connectivity index (χ3v) is 6.22. The number of fused-ring (bicyclic) bond motifs is 2. The molecule has 0 saturated heterocycles. The first-order valence-electron chi connectivity index (χ1n) is 9.57. The van der Waals surface area contributed by atoms with E-state index in [1.165, 1.54) is 12.4 Å². The van der Waals surface area contributed by atoms with Gasteiger partial charge in [0.2, 0.25) is 5.95 Å². The maximum atomic E-state index is 14.5. The summed E-state index contributed by atoms with van der Waals surface area (Å²) < 4.78 is 46.3. The predicted molar refractivity (Wildman–Crippen MR) is 112 cm³/mol. The highest BCUT2D eigenvalue weighted by Gasteiger charge is 2.23. The number of pyridine rings is 1. The Kier molecular flexibility index (Phi) is 4.58. The molecule has 0 aliphatic carbocycles. The molecular formula is C21H18FN5O3S. The summed E-state index contributed by atoms with van der Waals surface area (Å²) in [6.07, 6.45) is 7.98. The number of nitrogens with zero attached hydrogens (tertiary/aromatic N) is 4. The molecule has 0 bridgehead atoms. The van der Waals surface area contributed by atoms with Crippen molar-refractivity contribution in [1.29, 1.82) is 0 Å². The molecule has 0 fully saturated rings. The number of nitrogens with one attached hydrogen (secondary N) is 1. The van der Waals surface area contributed by atoms with E-state index in [-0.39, 0.29) is 17.4 Å². The minimum absolute atomic E-state index is 0.0583. The lowest BCUT2D eigenvalue weighted by atomic mass is 10.0. The Bertz CT molecular complexity index is 1400. The lowest BCUT2D eigenvalue weighted by molar-refractivity contribution is 0.356. The van der Waals surface area contributed by atoms with Crippen LogP contribution in [0.5, 0.6) is 5.75 Å². The van der Waals surface area contributed by atoms with Gasteiger partial charge in [-0.25, -0.2) is 22.8 Å². The van der Waals surface area contributed by atoms with E-state index in [4.69, 9.17) is 4.74 Å². The van der Waals surface area contributed by atoms with Crippen LogP contribution >= 0.6 is 0 Å². The van der Waals surface area contributed by atoms with Crippen molar-refractivity contribution < 1.29 is 17.5 Å². The largest absolute Gasteiger partial charge is 0.493 e. The first-order chi connectivity index (χ1) is 14.9. The summed E-state index contributed by atoms with van der Waals surface area (Å²) in [5.74, 6) is 0.702. The highest BCUT2D eigenvalue weighted by Crippen LogP contribution is 2.32. The van der Waals surface area contributed by atoms with Crippen LogP contribution in [0.1, 0.15) is 11.1 Å². The fraction of sp³-hybridized carbons (Fsp3) is 0.190. The van der Waals surface area contributed by atoms with Gasteiger partial charge in [-0.15, -0.1) is 0 Å². The number of halogens is 1. The number of sulfone groups is 1. The fourth-order valence-electron chi connectivity index (χ4n) is 3.80. The van der Waals surface area contributed by atoms with Crippen LogP contribution in [0.25, 0.3) is 16.6 Å². The van der Waals surface area contributed by atoms with Crippen molar-refractivity contribution in [3.8, 4) is 16.9 Å². The molecular weight excluding hydrogens is 421 g/mol. The Balaban J connectivity index is 1.60.